The van der Waals surface area contributed by atoms with Gasteiger partial charge in [0.05, 0.1) is 35.4 Å². The molecule has 0 saturated heterocycles. The van der Waals surface area contributed by atoms with Gasteiger partial charge in [0.2, 0.25) is 43.3 Å². The number of hydrogen-bond acceptors (Lipinski definition) is 12. The topological polar surface area (TPSA) is 170 Å². The lowest BCUT2D eigenvalue weighted by Crippen LogP contribution is -2.45. The van der Waals surface area contributed by atoms with Crippen LogP contribution < -0.4 is 15.1 Å². The molecule has 0 fully saturated rings. The van der Waals surface area contributed by atoms with E-state index >= 15 is 0 Å². The van der Waals surface area contributed by atoms with Crippen LogP contribution in [0.5, 0.6) is 11.5 Å². The molecule has 68 heavy (non-hydrogen) atoms. The van der Waals surface area contributed by atoms with Gasteiger partial charge in [-0.25, -0.2) is 9.69 Å². The lowest BCUT2D eigenvalue weighted by molar-refractivity contribution is 0.159. The Labute approximate surface area is 412 Å². The smallest absolute Gasteiger partial charge is 0.250 e. The van der Waals surface area contributed by atoms with Crippen LogP contribution in [0.4, 0.5) is 22.7 Å². The van der Waals surface area contributed by atoms with Gasteiger partial charge in [-0.3, -0.25) is 0 Å². The van der Waals surface area contributed by atoms with Gasteiger partial charge in [0.25, 0.3) is 0 Å². The van der Waals surface area contributed by atoms with E-state index in [0.717, 1.165) is 22.6 Å². The van der Waals surface area contributed by atoms with Crippen LogP contribution in [0.3, 0.4) is 0 Å². The predicted octanol–water partition coefficient (Wildman–Crippen LogP) is 14.7. The Kier molecular flexibility index (Phi) is 16.7. The molecule has 14 nitrogen and oxygen atoms in total. The second kappa shape index (κ2) is 21.3. The van der Waals surface area contributed by atoms with Gasteiger partial charge < -0.3 is 38.5 Å². The zero-order valence-corrected chi connectivity index (χ0v) is 44.7. The third kappa shape index (κ3) is 12.5. The van der Waals surface area contributed by atoms with Crippen LogP contribution in [0.25, 0.3) is 32.6 Å². The largest absolute Gasteiger partial charge is 0.544 e. The van der Waals surface area contributed by atoms with E-state index in [1.54, 1.807) is 44.2 Å². The number of nitrogens with zero attached hydrogens (tertiary/aromatic N) is 6. The maximum Gasteiger partial charge on any atom is 0.250 e. The molecule has 0 aliphatic carbocycles. The van der Waals surface area contributed by atoms with Crippen molar-refractivity contribution in [2.45, 2.75) is 130 Å². The Balaban J connectivity index is 0.000000276. The summed E-state index contributed by atoms with van der Waals surface area (Å²) in [5.41, 5.74) is 5.14. The number of nitrogens with one attached hydrogen (secondary N) is 2. The number of aliphatic hydroxyl groups excluding tert-OH is 1. The van der Waals surface area contributed by atoms with Crippen LogP contribution in [-0.4, -0.2) is 59.5 Å². The number of aliphatic hydroxyl groups is 1. The summed E-state index contributed by atoms with van der Waals surface area (Å²) in [4.78, 5) is 6.89. The zero-order chi connectivity index (χ0) is 50.5. The van der Waals surface area contributed by atoms with Crippen LogP contribution >= 0.6 is 23.2 Å². The molecule has 0 aliphatic heterocycles. The van der Waals surface area contributed by atoms with Gasteiger partial charge in [0.15, 0.2) is 8.32 Å². The standard InChI is InChI=1S/C31H45ClN4O3Si2.C19H17ClN4O3/c1-20-24(18-19-25(33-9)26(20)32)34-27(21(2)38-40(10,11)30(3,4)5)29-36-35-28(37-29)22-14-16-23(17-15-22)39-41(12,13)31(6,7)8;1-10-14(8-9-15(21-3)16(10)20)22-17(11(2)25)19-24-23-18(27-19)12-4-6-13(26)7-5-12/h14-19,21,27,34H,1-8,10-13H3;4-9,11,17,22,25-26H,1-2H3/t21-,27-;11-,17-/m11/s1. The van der Waals surface area contributed by atoms with Crippen molar-refractivity contribution in [2.24, 2.45) is 0 Å². The summed E-state index contributed by atoms with van der Waals surface area (Å²) in [6, 6.07) is 20.0. The van der Waals surface area contributed by atoms with E-state index in [1.165, 1.54) is 12.1 Å². The fourth-order valence-electron chi connectivity index (χ4n) is 6.31. The summed E-state index contributed by atoms with van der Waals surface area (Å²) in [6.07, 6.45) is -1.12. The van der Waals surface area contributed by atoms with Gasteiger partial charge in [-0.1, -0.05) is 76.9 Å². The number of aromatic hydroxyl groups is 1. The predicted molar refractivity (Wildman–Crippen MR) is 276 cm³/mol. The van der Waals surface area contributed by atoms with Crippen molar-refractivity contribution in [2.75, 3.05) is 10.6 Å². The molecule has 0 aliphatic rings. The minimum atomic E-state index is -2.12. The van der Waals surface area contributed by atoms with Gasteiger partial charge in [-0.15, -0.1) is 20.4 Å². The van der Waals surface area contributed by atoms with Gasteiger partial charge in [-0.05, 0) is 136 Å². The monoisotopic (exact) mass is 996 g/mol. The normalized spacial score (nSPS) is 13.8. The molecule has 0 amide bonds. The summed E-state index contributed by atoms with van der Waals surface area (Å²) >= 11 is 12.7. The van der Waals surface area contributed by atoms with Crippen LogP contribution in [0, 0.1) is 27.0 Å². The maximum atomic E-state index is 10.2. The van der Waals surface area contributed by atoms with Gasteiger partial charge in [-0.2, -0.15) is 0 Å². The number of aromatic nitrogens is 4. The van der Waals surface area contributed by atoms with Crippen molar-refractivity contribution in [3.8, 4) is 34.4 Å². The second-order valence-corrected chi connectivity index (χ2v) is 30.0. The minimum Gasteiger partial charge on any atom is -0.544 e. The molecule has 6 aromatic rings. The molecule has 4 atom stereocenters. The van der Waals surface area contributed by atoms with Gasteiger partial charge in [0.1, 0.15) is 23.6 Å². The van der Waals surface area contributed by atoms with E-state index in [-0.39, 0.29) is 33.7 Å². The molecular formula is C50H62Cl2N8O6Si2. The SMILES string of the molecule is [C-]#[N+]c1ccc(N[C@@H](c2nnc(-c3ccc(O)cc3)o2)[C@@H](C)O)c(C)c1Cl.[C-]#[N+]c1ccc(N[C@@H](c2nnc(-c3ccc(O[Si](C)(C)C(C)(C)C)cc3)o2)[C@@H](C)O[Si](C)(C)C(C)(C)C)c(C)c1Cl. The van der Waals surface area contributed by atoms with Crippen LogP contribution in [0.1, 0.15) is 90.4 Å². The van der Waals surface area contributed by atoms with Gasteiger partial charge in [0, 0.05) is 22.5 Å². The van der Waals surface area contributed by atoms with Crippen LogP contribution in [0.15, 0.2) is 81.6 Å². The fraction of sp³-hybridized carbons (Fsp3) is 0.400. The Morgan fingerprint density at radius 3 is 1.46 bits per heavy atom. The Hall–Kier alpha value is -5.73. The van der Waals surface area contributed by atoms with E-state index in [2.05, 4.69) is 108 Å². The molecular weight excluding hydrogens is 936 g/mol. The average Bonchev–Trinajstić information content (AvgIpc) is 3.96. The Morgan fingerprint density at radius 2 is 1.04 bits per heavy atom. The molecule has 4 N–H and O–H groups in total. The fourth-order valence-corrected chi connectivity index (χ4v) is 9.18. The number of halogens is 2. The number of phenols is 1. The summed E-state index contributed by atoms with van der Waals surface area (Å²) in [6.45, 7) is 44.0. The molecule has 4 aromatic carbocycles. The Morgan fingerprint density at radius 1 is 0.632 bits per heavy atom. The molecule has 360 valence electrons. The Bertz CT molecular complexity index is 2770. The first-order valence-corrected chi connectivity index (χ1v) is 28.7. The van der Waals surface area contributed by atoms with Crippen LogP contribution in [-0.2, 0) is 4.43 Å². The molecule has 18 heteroatoms. The maximum absolute atomic E-state index is 10.2. The van der Waals surface area contributed by atoms with E-state index in [4.69, 9.17) is 54.0 Å². The molecule has 2 heterocycles. The highest BCUT2D eigenvalue weighted by molar-refractivity contribution is 6.75. The third-order valence-electron chi connectivity index (χ3n) is 12.6. The van der Waals surface area contributed by atoms with Gasteiger partial charge >= 0.3 is 0 Å². The summed E-state index contributed by atoms with van der Waals surface area (Å²) in [7, 11) is -4.07. The number of benzene rings is 4. The van der Waals surface area contributed by atoms with Crippen molar-refractivity contribution >= 4 is 62.6 Å². The number of rotatable bonds is 14. The highest BCUT2D eigenvalue weighted by Crippen LogP contribution is 2.42. The first-order chi connectivity index (χ1) is 31.7. The van der Waals surface area contributed by atoms with Crippen molar-refractivity contribution in [1.29, 1.82) is 0 Å². The summed E-state index contributed by atoms with van der Waals surface area (Å²) in [5.74, 6) is 2.29. The van der Waals surface area contributed by atoms with E-state index in [9.17, 15) is 10.2 Å². The number of phenolic OH excluding ortho intramolecular Hbond substituents is 1. The molecule has 2 aromatic heterocycles. The first kappa shape index (κ1) is 53.2. The lowest BCUT2D eigenvalue weighted by Gasteiger charge is -2.40. The highest BCUT2D eigenvalue weighted by atomic mass is 35.5. The average molecular weight is 998 g/mol. The zero-order valence-electron chi connectivity index (χ0n) is 41.2. The third-order valence-corrected chi connectivity index (χ3v) is 22.5. The van der Waals surface area contributed by atoms with Crippen LogP contribution in [0.2, 0.25) is 46.3 Å². The van der Waals surface area contributed by atoms with Crippen molar-refractivity contribution in [3.63, 3.8) is 0 Å². The summed E-state index contributed by atoms with van der Waals surface area (Å²) < 4.78 is 25.2. The quantitative estimate of drug-likeness (QED) is 0.0603. The van der Waals surface area contributed by atoms with Crippen molar-refractivity contribution < 1.29 is 27.9 Å². The first-order valence-electron chi connectivity index (χ1n) is 22.2. The van der Waals surface area contributed by atoms with E-state index < -0.39 is 34.8 Å². The molecule has 0 unspecified atom stereocenters. The molecule has 0 radical (unpaired) electrons. The lowest BCUT2D eigenvalue weighted by atomic mass is 10.1. The molecule has 0 bridgehead atoms. The molecule has 0 spiro atoms. The van der Waals surface area contributed by atoms with E-state index in [0.29, 0.717) is 50.0 Å². The second-order valence-electron chi connectivity index (χ2n) is 19.8. The van der Waals surface area contributed by atoms with E-state index in [1.807, 2.05) is 44.2 Å². The molecule has 6 rings (SSSR count). The molecule has 0 saturated carbocycles. The minimum absolute atomic E-state index is 0.0244. The number of anilines is 2. The number of hydrogen-bond donors (Lipinski definition) is 4. The highest BCUT2D eigenvalue weighted by Gasteiger charge is 2.41. The summed E-state index contributed by atoms with van der Waals surface area (Å²) in [5, 5.41) is 44.1. The van der Waals surface area contributed by atoms with Crippen molar-refractivity contribution in [3.05, 3.63) is 129 Å². The van der Waals surface area contributed by atoms with Crippen molar-refractivity contribution in [1.82, 2.24) is 20.4 Å².